The SMILES string of the molecule is CCOC(=O)C1(SC)CNC1. The highest BCUT2D eigenvalue weighted by Gasteiger charge is 2.44. The quantitative estimate of drug-likeness (QED) is 0.624. The summed E-state index contributed by atoms with van der Waals surface area (Å²) in [5, 5.41) is 3.07. The molecule has 0 unspecified atom stereocenters. The average Bonchev–Trinajstić information content (AvgIpc) is 1.87. The number of hydrogen-bond acceptors (Lipinski definition) is 4. The summed E-state index contributed by atoms with van der Waals surface area (Å²) in [6, 6.07) is 0. The lowest BCUT2D eigenvalue weighted by molar-refractivity contribution is -0.147. The molecular formula is C7H13NO2S. The smallest absolute Gasteiger partial charge is 0.324 e. The molecule has 0 atom stereocenters. The van der Waals surface area contributed by atoms with Crippen molar-refractivity contribution >= 4 is 17.7 Å². The van der Waals surface area contributed by atoms with Crippen LogP contribution in [0.1, 0.15) is 6.92 Å². The van der Waals surface area contributed by atoms with Crippen LogP contribution in [0.3, 0.4) is 0 Å². The molecule has 4 heteroatoms. The van der Waals surface area contributed by atoms with E-state index in [-0.39, 0.29) is 10.7 Å². The molecule has 0 radical (unpaired) electrons. The van der Waals surface area contributed by atoms with Crippen molar-refractivity contribution in [3.05, 3.63) is 0 Å². The largest absolute Gasteiger partial charge is 0.465 e. The van der Waals surface area contributed by atoms with Crippen molar-refractivity contribution < 1.29 is 9.53 Å². The van der Waals surface area contributed by atoms with Crippen molar-refractivity contribution in [1.29, 1.82) is 0 Å². The second-order valence-electron chi connectivity index (χ2n) is 2.52. The first kappa shape index (κ1) is 8.87. The summed E-state index contributed by atoms with van der Waals surface area (Å²) >= 11 is 1.57. The number of esters is 1. The molecule has 1 heterocycles. The Hall–Kier alpha value is -0.220. The fraction of sp³-hybridized carbons (Fsp3) is 0.857. The maximum atomic E-state index is 11.3. The molecule has 0 aromatic carbocycles. The molecule has 1 N–H and O–H groups in total. The predicted octanol–water partition coefficient (Wildman–Crippen LogP) is 0.254. The lowest BCUT2D eigenvalue weighted by Crippen LogP contribution is -2.62. The van der Waals surface area contributed by atoms with Gasteiger partial charge >= 0.3 is 5.97 Å². The van der Waals surface area contributed by atoms with E-state index in [1.54, 1.807) is 11.8 Å². The first-order valence-electron chi connectivity index (χ1n) is 3.68. The van der Waals surface area contributed by atoms with Crippen molar-refractivity contribution in [2.75, 3.05) is 26.0 Å². The lowest BCUT2D eigenvalue weighted by atomic mass is 10.0. The third-order valence-corrected chi connectivity index (χ3v) is 3.10. The van der Waals surface area contributed by atoms with Crippen LogP contribution in [0.25, 0.3) is 0 Å². The van der Waals surface area contributed by atoms with E-state index in [9.17, 15) is 4.79 Å². The van der Waals surface area contributed by atoms with Crippen molar-refractivity contribution in [3.63, 3.8) is 0 Å². The fourth-order valence-electron chi connectivity index (χ4n) is 0.987. The van der Waals surface area contributed by atoms with Gasteiger partial charge in [-0.05, 0) is 13.2 Å². The van der Waals surface area contributed by atoms with Crippen LogP contribution in [-0.2, 0) is 9.53 Å². The van der Waals surface area contributed by atoms with Crippen molar-refractivity contribution in [2.45, 2.75) is 11.7 Å². The number of ether oxygens (including phenoxy) is 1. The normalized spacial score (nSPS) is 20.5. The van der Waals surface area contributed by atoms with Gasteiger partial charge in [-0.15, -0.1) is 11.8 Å². The summed E-state index contributed by atoms with van der Waals surface area (Å²) in [6.45, 7) is 3.79. The number of hydrogen-bond donors (Lipinski definition) is 1. The maximum Gasteiger partial charge on any atom is 0.324 e. The van der Waals surface area contributed by atoms with E-state index in [2.05, 4.69) is 5.32 Å². The Morgan fingerprint density at radius 3 is 2.64 bits per heavy atom. The zero-order valence-corrected chi connectivity index (χ0v) is 7.66. The minimum absolute atomic E-state index is 0.0775. The number of nitrogens with one attached hydrogen (secondary N) is 1. The van der Waals surface area contributed by atoms with Gasteiger partial charge in [0.2, 0.25) is 0 Å². The van der Waals surface area contributed by atoms with Gasteiger partial charge in [0.25, 0.3) is 0 Å². The molecule has 11 heavy (non-hydrogen) atoms. The molecule has 1 saturated heterocycles. The van der Waals surface area contributed by atoms with Gasteiger partial charge in [-0.25, -0.2) is 0 Å². The average molecular weight is 175 g/mol. The molecule has 0 aromatic rings. The van der Waals surface area contributed by atoms with Gasteiger partial charge < -0.3 is 10.1 Å². The minimum Gasteiger partial charge on any atom is -0.465 e. The highest BCUT2D eigenvalue weighted by atomic mass is 32.2. The van der Waals surface area contributed by atoms with Crippen molar-refractivity contribution in [3.8, 4) is 0 Å². The van der Waals surface area contributed by atoms with Gasteiger partial charge in [0.05, 0.1) is 6.61 Å². The van der Waals surface area contributed by atoms with Crippen LogP contribution in [0.15, 0.2) is 0 Å². The summed E-state index contributed by atoms with van der Waals surface area (Å²) in [6.07, 6.45) is 1.94. The topological polar surface area (TPSA) is 38.3 Å². The third kappa shape index (κ3) is 1.51. The Morgan fingerprint density at radius 1 is 1.73 bits per heavy atom. The lowest BCUT2D eigenvalue weighted by Gasteiger charge is -2.38. The van der Waals surface area contributed by atoms with E-state index in [0.29, 0.717) is 6.61 Å². The first-order chi connectivity index (χ1) is 5.25. The fourth-order valence-corrected chi connectivity index (χ4v) is 1.71. The van der Waals surface area contributed by atoms with Gasteiger partial charge in [-0.3, -0.25) is 4.79 Å². The van der Waals surface area contributed by atoms with E-state index in [1.165, 1.54) is 0 Å². The van der Waals surface area contributed by atoms with Gasteiger partial charge in [-0.2, -0.15) is 0 Å². The van der Waals surface area contributed by atoms with Gasteiger partial charge in [0, 0.05) is 13.1 Å². The van der Waals surface area contributed by atoms with Crippen LogP contribution in [0.5, 0.6) is 0 Å². The Morgan fingerprint density at radius 2 is 2.36 bits per heavy atom. The van der Waals surface area contributed by atoms with Crippen LogP contribution in [0.2, 0.25) is 0 Å². The van der Waals surface area contributed by atoms with Crippen LogP contribution in [0.4, 0.5) is 0 Å². The minimum atomic E-state index is -0.282. The van der Waals surface area contributed by atoms with Gasteiger partial charge in [0.15, 0.2) is 0 Å². The molecule has 0 saturated carbocycles. The zero-order chi connectivity index (χ0) is 8.32. The van der Waals surface area contributed by atoms with Gasteiger partial charge in [-0.1, -0.05) is 0 Å². The molecule has 0 amide bonds. The molecule has 0 aliphatic carbocycles. The second kappa shape index (κ2) is 3.45. The Balaban J connectivity index is 2.47. The third-order valence-electron chi connectivity index (χ3n) is 1.86. The maximum absolute atomic E-state index is 11.3. The van der Waals surface area contributed by atoms with E-state index in [1.807, 2.05) is 13.2 Å². The Labute approximate surface area is 70.9 Å². The van der Waals surface area contributed by atoms with Gasteiger partial charge in [0.1, 0.15) is 4.75 Å². The summed E-state index contributed by atoms with van der Waals surface area (Å²) in [4.78, 5) is 11.3. The molecule has 1 aliphatic rings. The van der Waals surface area contributed by atoms with Crippen LogP contribution < -0.4 is 5.32 Å². The number of thioether (sulfide) groups is 1. The number of carbonyl (C=O) groups excluding carboxylic acids is 1. The monoisotopic (exact) mass is 175 g/mol. The van der Waals surface area contributed by atoms with E-state index in [0.717, 1.165) is 13.1 Å². The molecule has 1 rings (SSSR count). The van der Waals surface area contributed by atoms with E-state index >= 15 is 0 Å². The highest BCUT2D eigenvalue weighted by molar-refractivity contribution is 8.00. The highest BCUT2D eigenvalue weighted by Crippen LogP contribution is 2.28. The summed E-state index contributed by atoms with van der Waals surface area (Å²) in [7, 11) is 0. The molecule has 0 bridgehead atoms. The molecular weight excluding hydrogens is 162 g/mol. The number of rotatable bonds is 3. The van der Waals surface area contributed by atoms with Crippen LogP contribution >= 0.6 is 11.8 Å². The molecule has 0 aromatic heterocycles. The van der Waals surface area contributed by atoms with Crippen molar-refractivity contribution in [2.24, 2.45) is 0 Å². The van der Waals surface area contributed by atoms with Crippen LogP contribution in [-0.4, -0.2) is 36.7 Å². The molecule has 0 spiro atoms. The molecule has 1 aliphatic heterocycles. The molecule has 1 fully saturated rings. The van der Waals surface area contributed by atoms with Crippen molar-refractivity contribution in [1.82, 2.24) is 5.32 Å². The zero-order valence-electron chi connectivity index (χ0n) is 6.85. The van der Waals surface area contributed by atoms with E-state index < -0.39 is 0 Å². The number of carbonyl (C=O) groups is 1. The summed E-state index contributed by atoms with van der Waals surface area (Å²) in [5.41, 5.74) is 0. The molecule has 64 valence electrons. The Kier molecular flexibility index (Phi) is 2.78. The molecule has 3 nitrogen and oxygen atoms in total. The second-order valence-corrected chi connectivity index (χ2v) is 3.71. The Bertz CT molecular complexity index is 151. The van der Waals surface area contributed by atoms with Crippen LogP contribution in [0, 0.1) is 0 Å². The summed E-state index contributed by atoms with van der Waals surface area (Å²) < 4.78 is 4.66. The standard InChI is InChI=1S/C7H13NO2S/c1-3-10-6(9)7(11-2)4-8-5-7/h8H,3-5H2,1-2H3. The van der Waals surface area contributed by atoms with E-state index in [4.69, 9.17) is 4.74 Å². The summed E-state index contributed by atoms with van der Waals surface area (Å²) in [5.74, 6) is -0.0775. The predicted molar refractivity (Wildman–Crippen MR) is 45.7 cm³/mol. The first-order valence-corrected chi connectivity index (χ1v) is 4.91.